The van der Waals surface area contributed by atoms with Crippen molar-refractivity contribution in [1.82, 2.24) is 15.5 Å². The van der Waals surface area contributed by atoms with Crippen LogP contribution < -0.4 is 10.6 Å². The summed E-state index contributed by atoms with van der Waals surface area (Å²) in [6.45, 7) is 6.27. The van der Waals surface area contributed by atoms with E-state index in [0.717, 1.165) is 31.5 Å². The van der Waals surface area contributed by atoms with Gasteiger partial charge in [-0.15, -0.1) is 0 Å². The number of carbonyl (C=O) groups excluding carboxylic acids is 1. The molecule has 0 spiro atoms. The fourth-order valence-corrected chi connectivity index (χ4v) is 4.74. The summed E-state index contributed by atoms with van der Waals surface area (Å²) in [4.78, 5) is 14.8. The van der Waals surface area contributed by atoms with Crippen LogP contribution in [0.5, 0.6) is 0 Å². The summed E-state index contributed by atoms with van der Waals surface area (Å²) in [5.41, 5.74) is 0. The van der Waals surface area contributed by atoms with Gasteiger partial charge in [0.1, 0.15) is 0 Å². The predicted molar refractivity (Wildman–Crippen MR) is 85.1 cm³/mol. The lowest BCUT2D eigenvalue weighted by molar-refractivity contribution is -0.123. The van der Waals surface area contributed by atoms with Crippen molar-refractivity contribution in [3.63, 3.8) is 0 Å². The zero-order chi connectivity index (χ0) is 14.7. The van der Waals surface area contributed by atoms with Gasteiger partial charge >= 0.3 is 0 Å². The Balaban J connectivity index is 1.50. The number of rotatable bonds is 4. The van der Waals surface area contributed by atoms with Gasteiger partial charge < -0.3 is 10.6 Å². The van der Waals surface area contributed by atoms with Gasteiger partial charge in [-0.05, 0) is 44.2 Å². The van der Waals surface area contributed by atoms with Gasteiger partial charge in [0, 0.05) is 18.6 Å². The summed E-state index contributed by atoms with van der Waals surface area (Å²) in [6.07, 6.45) is 8.76. The van der Waals surface area contributed by atoms with Gasteiger partial charge in [0.15, 0.2) is 0 Å². The molecule has 4 heteroatoms. The second kappa shape index (κ2) is 7.10. The van der Waals surface area contributed by atoms with Gasteiger partial charge in [-0.25, -0.2) is 0 Å². The summed E-state index contributed by atoms with van der Waals surface area (Å²) in [5, 5.41) is 6.81. The Bertz CT molecular complexity index is 352. The fraction of sp³-hybridized carbons (Fsp3) is 0.941. The number of fused-ring (bicyclic) bond motifs is 1. The molecule has 0 bridgehead atoms. The zero-order valence-corrected chi connectivity index (χ0v) is 13.4. The molecule has 21 heavy (non-hydrogen) atoms. The molecule has 2 aliphatic heterocycles. The van der Waals surface area contributed by atoms with Crippen LogP contribution in [0.3, 0.4) is 0 Å². The van der Waals surface area contributed by atoms with Crippen LogP contribution in [0.15, 0.2) is 0 Å². The monoisotopic (exact) mass is 293 g/mol. The average Bonchev–Trinajstić information content (AvgIpc) is 2.92. The highest BCUT2D eigenvalue weighted by Gasteiger charge is 2.43. The topological polar surface area (TPSA) is 44.4 Å². The largest absolute Gasteiger partial charge is 0.352 e. The van der Waals surface area contributed by atoms with Crippen molar-refractivity contribution < 1.29 is 4.79 Å². The second-order valence-corrected chi connectivity index (χ2v) is 7.24. The van der Waals surface area contributed by atoms with Crippen LogP contribution in [-0.4, -0.2) is 49.1 Å². The molecule has 0 aromatic carbocycles. The molecule has 3 atom stereocenters. The number of nitrogens with one attached hydrogen (secondary N) is 2. The molecule has 0 aromatic rings. The Morgan fingerprint density at radius 3 is 2.67 bits per heavy atom. The Kier molecular flexibility index (Phi) is 5.17. The van der Waals surface area contributed by atoms with Crippen molar-refractivity contribution >= 4 is 5.91 Å². The van der Waals surface area contributed by atoms with Gasteiger partial charge in [0.05, 0.1) is 6.54 Å². The van der Waals surface area contributed by atoms with E-state index in [-0.39, 0.29) is 5.91 Å². The number of carbonyl (C=O) groups is 1. The van der Waals surface area contributed by atoms with E-state index in [4.69, 9.17) is 0 Å². The summed E-state index contributed by atoms with van der Waals surface area (Å²) in [6, 6.07) is 1.04. The van der Waals surface area contributed by atoms with Gasteiger partial charge in [0.25, 0.3) is 0 Å². The highest BCUT2D eigenvalue weighted by Crippen LogP contribution is 2.33. The number of hydrogen-bond acceptors (Lipinski definition) is 3. The smallest absolute Gasteiger partial charge is 0.234 e. The first-order chi connectivity index (χ1) is 10.3. The quantitative estimate of drug-likeness (QED) is 0.776. The normalized spacial score (nSPS) is 34.6. The van der Waals surface area contributed by atoms with Crippen LogP contribution in [0, 0.1) is 11.8 Å². The van der Waals surface area contributed by atoms with Crippen molar-refractivity contribution in [3.05, 3.63) is 0 Å². The molecule has 3 rings (SSSR count). The molecule has 2 saturated heterocycles. The third-order valence-corrected chi connectivity index (χ3v) is 5.81. The molecule has 2 heterocycles. The molecule has 120 valence electrons. The molecule has 4 nitrogen and oxygen atoms in total. The summed E-state index contributed by atoms with van der Waals surface area (Å²) >= 11 is 0. The number of amides is 1. The second-order valence-electron chi connectivity index (χ2n) is 7.24. The molecule has 1 amide bonds. The minimum atomic E-state index is 0.258. The number of likely N-dealkylation sites (tertiary alicyclic amines) is 1. The minimum Gasteiger partial charge on any atom is -0.352 e. The maximum atomic E-state index is 12.4. The van der Waals surface area contributed by atoms with E-state index in [1.165, 1.54) is 44.9 Å². The van der Waals surface area contributed by atoms with Crippen LogP contribution in [0.4, 0.5) is 0 Å². The Morgan fingerprint density at radius 2 is 1.95 bits per heavy atom. The van der Waals surface area contributed by atoms with Gasteiger partial charge in [0.2, 0.25) is 5.91 Å². The predicted octanol–water partition coefficient (Wildman–Crippen LogP) is 1.76. The summed E-state index contributed by atoms with van der Waals surface area (Å²) in [5.74, 6) is 1.79. The van der Waals surface area contributed by atoms with Gasteiger partial charge in [-0.2, -0.15) is 0 Å². The molecule has 3 aliphatic rings. The first kappa shape index (κ1) is 15.3. The molecule has 3 unspecified atom stereocenters. The Morgan fingerprint density at radius 1 is 1.19 bits per heavy atom. The van der Waals surface area contributed by atoms with E-state index in [9.17, 15) is 4.79 Å². The average molecular weight is 293 g/mol. The third kappa shape index (κ3) is 3.59. The van der Waals surface area contributed by atoms with E-state index in [1.807, 2.05) is 0 Å². The van der Waals surface area contributed by atoms with E-state index in [2.05, 4.69) is 22.5 Å². The van der Waals surface area contributed by atoms with E-state index >= 15 is 0 Å². The molecule has 2 N–H and O–H groups in total. The van der Waals surface area contributed by atoms with Crippen LogP contribution in [0.2, 0.25) is 0 Å². The van der Waals surface area contributed by atoms with Crippen LogP contribution >= 0.6 is 0 Å². The molecule has 3 fully saturated rings. The van der Waals surface area contributed by atoms with Crippen LogP contribution in [-0.2, 0) is 4.79 Å². The highest BCUT2D eigenvalue weighted by atomic mass is 16.2. The first-order valence-electron chi connectivity index (χ1n) is 9.02. The Labute approximate surface area is 129 Å². The van der Waals surface area contributed by atoms with Gasteiger partial charge in [-0.1, -0.05) is 32.6 Å². The summed E-state index contributed by atoms with van der Waals surface area (Å²) < 4.78 is 0. The van der Waals surface area contributed by atoms with Crippen molar-refractivity contribution in [1.29, 1.82) is 0 Å². The highest BCUT2D eigenvalue weighted by molar-refractivity contribution is 5.78. The molecular formula is C17H31N3O. The maximum Gasteiger partial charge on any atom is 0.234 e. The van der Waals surface area contributed by atoms with Gasteiger partial charge in [-0.3, -0.25) is 9.69 Å². The Hall–Kier alpha value is -0.610. The molecule has 1 saturated carbocycles. The zero-order valence-electron chi connectivity index (χ0n) is 13.4. The lowest BCUT2D eigenvalue weighted by atomic mass is 9.93. The standard InChI is InChI=1S/C17H31N3O/c1-2-16-15-10-18-9-13(15)11-20(16)12-17(21)19-14-7-5-3-4-6-8-14/h13-16,18H,2-12H2,1H3,(H,19,21). The van der Waals surface area contributed by atoms with Crippen molar-refractivity contribution in [2.24, 2.45) is 11.8 Å². The van der Waals surface area contributed by atoms with Crippen molar-refractivity contribution in [2.75, 3.05) is 26.2 Å². The molecule has 0 radical (unpaired) electrons. The molecule has 1 aliphatic carbocycles. The van der Waals surface area contributed by atoms with Crippen LogP contribution in [0.1, 0.15) is 51.9 Å². The lowest BCUT2D eigenvalue weighted by Gasteiger charge is -2.27. The van der Waals surface area contributed by atoms with E-state index < -0.39 is 0 Å². The third-order valence-electron chi connectivity index (χ3n) is 5.81. The summed E-state index contributed by atoms with van der Waals surface area (Å²) in [7, 11) is 0. The first-order valence-corrected chi connectivity index (χ1v) is 9.02. The van der Waals surface area contributed by atoms with Crippen LogP contribution in [0.25, 0.3) is 0 Å². The lowest BCUT2D eigenvalue weighted by Crippen LogP contribution is -2.45. The molecule has 0 aromatic heterocycles. The SMILES string of the molecule is CCC1C2CNCC2CN1CC(=O)NC1CCCCCC1. The van der Waals surface area contributed by atoms with Crippen molar-refractivity contribution in [2.45, 2.75) is 64.0 Å². The van der Waals surface area contributed by atoms with E-state index in [1.54, 1.807) is 0 Å². The van der Waals surface area contributed by atoms with Crippen molar-refractivity contribution in [3.8, 4) is 0 Å². The molecular weight excluding hydrogens is 262 g/mol. The number of hydrogen-bond donors (Lipinski definition) is 2. The maximum absolute atomic E-state index is 12.4. The van der Waals surface area contributed by atoms with E-state index in [0.29, 0.717) is 18.6 Å². The number of nitrogens with zero attached hydrogens (tertiary/aromatic N) is 1. The fourth-order valence-electron chi connectivity index (χ4n) is 4.74. The minimum absolute atomic E-state index is 0.258.